The summed E-state index contributed by atoms with van der Waals surface area (Å²) in [5.74, 6) is 0. The molecule has 0 saturated carbocycles. The number of hydrogen-bond acceptors (Lipinski definition) is 2. The Morgan fingerprint density at radius 2 is 1.00 bits per heavy atom. The summed E-state index contributed by atoms with van der Waals surface area (Å²) in [5, 5.41) is 0. The van der Waals surface area contributed by atoms with Gasteiger partial charge in [-0.25, -0.2) is 0 Å². The van der Waals surface area contributed by atoms with Gasteiger partial charge in [0.25, 0.3) is 0 Å². The first-order valence-corrected chi connectivity index (χ1v) is 8.82. The molecule has 0 unspecified atom stereocenters. The average Bonchev–Trinajstić information content (AvgIpc) is 1.33. The quantitative estimate of drug-likeness (QED) is 0.470. The molecule has 0 heterocycles. The minimum atomic E-state index is -1.92. The molecular weight excluding hydrogens is 468 g/mol. The van der Waals surface area contributed by atoms with Crippen molar-refractivity contribution in [2.75, 3.05) is 0 Å². The van der Waals surface area contributed by atoms with Gasteiger partial charge in [0, 0.05) is 0 Å². The second-order valence-electron chi connectivity index (χ2n) is 0.196. The normalized spacial score (nSPS) is 7.22. The van der Waals surface area contributed by atoms with E-state index in [0.717, 1.165) is 0 Å². The van der Waals surface area contributed by atoms with Crippen LogP contribution in [0.3, 0.4) is 0 Å². The van der Waals surface area contributed by atoms with Gasteiger partial charge in [-0.2, -0.15) is 0 Å². The van der Waals surface area contributed by atoms with Crippen molar-refractivity contribution >= 4 is 29.1 Å². The summed E-state index contributed by atoms with van der Waals surface area (Å²) in [7, 11) is 14.8. The van der Waals surface area contributed by atoms with E-state index in [1.807, 2.05) is 0 Å². The van der Waals surface area contributed by atoms with Gasteiger partial charge in [0.15, 0.2) is 0 Å². The molecule has 0 rings (SSSR count). The predicted molar refractivity (Wildman–Crippen MR) is 26.2 cm³/mol. The summed E-state index contributed by atoms with van der Waals surface area (Å²) in [5.41, 5.74) is 0. The maximum atomic E-state index is 8.49. The molecule has 0 amide bonds. The van der Waals surface area contributed by atoms with E-state index in [1.165, 1.54) is 0 Å². The molecule has 4 nitrogen and oxygen atoms in total. The molecule has 0 radical (unpaired) electrons. The molecule has 0 aromatic heterocycles. The van der Waals surface area contributed by atoms with Gasteiger partial charge < -0.3 is 11.0 Å². The standard InChI is InChI=1S/3ClH.2H2O.2O.Pt.Rh/h3*1H;2*1H2;;;;/q;;;;;;;;+3/p-3. The van der Waals surface area contributed by atoms with Crippen molar-refractivity contribution in [2.45, 2.75) is 0 Å². The zero-order valence-electron chi connectivity index (χ0n) is 3.60. The van der Waals surface area contributed by atoms with Crippen LogP contribution in [0.1, 0.15) is 0 Å². The van der Waals surface area contributed by atoms with Gasteiger partial charge in [0.05, 0.1) is 0 Å². The van der Waals surface area contributed by atoms with Gasteiger partial charge in [-0.3, -0.25) is 0 Å². The van der Waals surface area contributed by atoms with E-state index < -0.39 is 31.5 Å². The molecule has 0 aliphatic carbocycles. The van der Waals surface area contributed by atoms with Gasteiger partial charge in [-0.05, 0) is 0 Å². The van der Waals surface area contributed by atoms with Crippen LogP contribution in [0.2, 0.25) is 0 Å². The van der Waals surface area contributed by atoms with Crippen LogP contribution in [0.25, 0.3) is 0 Å². The van der Waals surface area contributed by atoms with E-state index in [1.54, 1.807) is 0 Å². The van der Waals surface area contributed by atoms with Crippen LogP contribution in [0.5, 0.6) is 0 Å². The van der Waals surface area contributed by atoms with E-state index in [-0.39, 0.29) is 11.0 Å². The van der Waals surface area contributed by atoms with Crippen molar-refractivity contribution in [2.24, 2.45) is 0 Å². The molecule has 0 fully saturated rings. The molecule has 0 saturated heterocycles. The van der Waals surface area contributed by atoms with Crippen molar-refractivity contribution in [3.63, 3.8) is 0 Å². The monoisotopic (exact) mass is 471 g/mol. The molecule has 0 spiro atoms. The number of halogens is 3. The van der Waals surface area contributed by atoms with Crippen LogP contribution < -0.4 is 0 Å². The van der Waals surface area contributed by atoms with Gasteiger partial charge in [0.1, 0.15) is 0 Å². The molecule has 9 heavy (non-hydrogen) atoms. The van der Waals surface area contributed by atoms with Crippen molar-refractivity contribution in [3.05, 3.63) is 0 Å². The number of hydrogen-bond donors (Lipinski definition) is 0. The van der Waals surface area contributed by atoms with Crippen LogP contribution in [-0.2, 0) is 38.3 Å². The fraction of sp³-hybridized carbons (Fsp3) is 0. The Morgan fingerprint density at radius 1 is 1.00 bits per heavy atom. The molecule has 9 heteroatoms. The van der Waals surface area contributed by atoms with Crippen LogP contribution in [0.15, 0.2) is 0 Å². The summed E-state index contributed by atoms with van der Waals surface area (Å²) in [6, 6.07) is 0. The molecular formula is H4Cl3O4PtRh. The van der Waals surface area contributed by atoms with Gasteiger partial charge >= 0.3 is 67.3 Å². The summed E-state index contributed by atoms with van der Waals surface area (Å²) in [4.78, 5) is 0. The Balaban J connectivity index is -0.0000000233. The molecule has 0 bridgehead atoms. The van der Waals surface area contributed by atoms with Crippen molar-refractivity contribution in [1.29, 1.82) is 0 Å². The first-order valence-electron chi connectivity index (χ1n) is 0.636. The van der Waals surface area contributed by atoms with Crippen LogP contribution >= 0.6 is 29.1 Å². The third-order valence-corrected chi connectivity index (χ3v) is 0. The summed E-state index contributed by atoms with van der Waals surface area (Å²) >= 11 is -3.58. The van der Waals surface area contributed by atoms with Crippen LogP contribution in [-0.4, -0.2) is 11.0 Å². The van der Waals surface area contributed by atoms with Crippen LogP contribution in [0.4, 0.5) is 0 Å². The Kier molecular flexibility index (Phi) is 56.3. The van der Waals surface area contributed by atoms with Gasteiger partial charge in [0.2, 0.25) is 0 Å². The Morgan fingerprint density at radius 3 is 1.00 bits per heavy atom. The first kappa shape index (κ1) is 22.4. The van der Waals surface area contributed by atoms with Gasteiger partial charge in [-0.1, -0.05) is 0 Å². The van der Waals surface area contributed by atoms with Crippen molar-refractivity contribution in [3.8, 4) is 0 Å². The fourth-order valence-corrected chi connectivity index (χ4v) is 0. The van der Waals surface area contributed by atoms with E-state index in [2.05, 4.69) is 0 Å². The fourth-order valence-electron chi connectivity index (χ4n) is 0. The average molecular weight is 472 g/mol. The maximum absolute atomic E-state index is 8.49. The molecule has 0 aromatic rings. The van der Waals surface area contributed by atoms with E-state index >= 15 is 0 Å². The van der Waals surface area contributed by atoms with Crippen molar-refractivity contribution in [1.82, 2.24) is 0 Å². The third kappa shape index (κ3) is 199. The SMILES string of the molecule is O.O.[Cl][Rh]([Cl])[Cl].[O]=[Pt]=[O]. The molecule has 0 atom stereocenters. The second kappa shape index (κ2) is 22.6. The zero-order chi connectivity index (χ0) is 6.28. The Hall–Kier alpha value is 1.70. The van der Waals surface area contributed by atoms with Gasteiger partial charge in [-0.15, -0.1) is 0 Å². The Labute approximate surface area is 77.6 Å². The third-order valence-electron chi connectivity index (χ3n) is 0. The second-order valence-corrected chi connectivity index (χ2v) is 8.04. The Bertz CT molecular complexity index is 58.1. The summed E-state index contributed by atoms with van der Waals surface area (Å²) < 4.78 is 17.0. The molecule has 0 aromatic carbocycles. The predicted octanol–water partition coefficient (Wildman–Crippen LogP) is 0.176. The first-order chi connectivity index (χ1) is 3.15. The summed E-state index contributed by atoms with van der Waals surface area (Å²) in [6.45, 7) is 0. The zero-order valence-corrected chi connectivity index (χ0v) is 9.78. The molecule has 0 aliphatic rings. The van der Waals surface area contributed by atoms with Crippen molar-refractivity contribution < 1.29 is 49.2 Å². The van der Waals surface area contributed by atoms with E-state index in [9.17, 15) is 0 Å². The number of rotatable bonds is 0. The van der Waals surface area contributed by atoms with Crippen LogP contribution in [0, 0.1) is 0 Å². The molecule has 4 N–H and O–H groups in total. The molecule has 0 aliphatic heterocycles. The molecule has 68 valence electrons. The minimum absolute atomic E-state index is 0. The van der Waals surface area contributed by atoms with E-state index in [0.29, 0.717) is 0 Å². The van der Waals surface area contributed by atoms with E-state index in [4.69, 9.17) is 35.9 Å². The topological polar surface area (TPSA) is 97.1 Å². The summed E-state index contributed by atoms with van der Waals surface area (Å²) in [6.07, 6.45) is 0.